The summed E-state index contributed by atoms with van der Waals surface area (Å²) in [6.45, 7) is 9.31. The summed E-state index contributed by atoms with van der Waals surface area (Å²) >= 11 is 3.60. The van der Waals surface area contributed by atoms with Crippen LogP contribution in [0.3, 0.4) is 0 Å². The summed E-state index contributed by atoms with van der Waals surface area (Å²) in [7, 11) is 0. The Kier molecular flexibility index (Phi) is 5.95. The van der Waals surface area contributed by atoms with Crippen LogP contribution in [0, 0.1) is 6.92 Å². The Balaban J connectivity index is 1.93. The van der Waals surface area contributed by atoms with Gasteiger partial charge in [0, 0.05) is 29.3 Å². The van der Waals surface area contributed by atoms with Crippen LogP contribution < -0.4 is 5.32 Å². The van der Waals surface area contributed by atoms with Gasteiger partial charge in [-0.05, 0) is 80.6 Å². The molecule has 1 aliphatic rings. The molecule has 0 radical (unpaired) electrons. The van der Waals surface area contributed by atoms with E-state index in [1.807, 2.05) is 25.7 Å². The van der Waals surface area contributed by atoms with Crippen molar-refractivity contribution in [3.8, 4) is 0 Å². The average molecular weight is 383 g/mol. The number of carbonyl (C=O) groups excluding carboxylic acids is 1. The van der Waals surface area contributed by atoms with Crippen LogP contribution in [0.25, 0.3) is 0 Å². The van der Waals surface area contributed by atoms with Crippen molar-refractivity contribution in [1.29, 1.82) is 0 Å². The van der Waals surface area contributed by atoms with Crippen LogP contribution in [0.4, 0.5) is 10.5 Å². The summed E-state index contributed by atoms with van der Waals surface area (Å²) in [6, 6.07) is 6.69. The van der Waals surface area contributed by atoms with Gasteiger partial charge in [0.05, 0.1) is 0 Å². The highest BCUT2D eigenvalue weighted by molar-refractivity contribution is 9.10. The molecule has 128 valence electrons. The van der Waals surface area contributed by atoms with Gasteiger partial charge in [-0.15, -0.1) is 0 Å². The Morgan fingerprint density at radius 2 is 2.04 bits per heavy atom. The lowest BCUT2D eigenvalue weighted by Crippen LogP contribution is -2.37. The maximum Gasteiger partial charge on any atom is 0.410 e. The SMILES string of the molecule is Cc1ccc(Br)c(NC2CCCN(C(=O)OC(C)(C)C)CC2)c1. The van der Waals surface area contributed by atoms with Gasteiger partial charge in [-0.3, -0.25) is 0 Å². The number of nitrogens with zero attached hydrogens (tertiary/aromatic N) is 1. The number of benzene rings is 1. The molecular formula is C18H27BrN2O2. The zero-order valence-electron chi connectivity index (χ0n) is 14.5. The van der Waals surface area contributed by atoms with E-state index >= 15 is 0 Å². The van der Waals surface area contributed by atoms with Gasteiger partial charge < -0.3 is 15.0 Å². The summed E-state index contributed by atoms with van der Waals surface area (Å²) in [5, 5.41) is 3.61. The monoisotopic (exact) mass is 382 g/mol. The van der Waals surface area contributed by atoms with Crippen molar-refractivity contribution in [1.82, 2.24) is 4.90 Å². The van der Waals surface area contributed by atoms with Gasteiger partial charge >= 0.3 is 6.09 Å². The Bertz CT molecular complexity index is 554. The summed E-state index contributed by atoms with van der Waals surface area (Å²) < 4.78 is 6.56. The molecule has 23 heavy (non-hydrogen) atoms. The number of rotatable bonds is 2. The minimum absolute atomic E-state index is 0.199. The molecule has 0 saturated carbocycles. The number of aryl methyl sites for hydroxylation is 1. The molecule has 1 unspecified atom stereocenters. The van der Waals surface area contributed by atoms with Gasteiger partial charge in [0.2, 0.25) is 0 Å². The first kappa shape index (κ1) is 18.1. The van der Waals surface area contributed by atoms with Gasteiger partial charge in [0.25, 0.3) is 0 Å². The highest BCUT2D eigenvalue weighted by Gasteiger charge is 2.25. The largest absolute Gasteiger partial charge is 0.444 e. The molecule has 5 heteroatoms. The fraction of sp³-hybridized carbons (Fsp3) is 0.611. The minimum atomic E-state index is -0.437. The number of hydrogen-bond acceptors (Lipinski definition) is 3. The second-order valence-corrected chi connectivity index (χ2v) is 8.08. The first-order chi connectivity index (χ1) is 10.7. The van der Waals surface area contributed by atoms with Crippen LogP contribution >= 0.6 is 15.9 Å². The van der Waals surface area contributed by atoms with E-state index in [0.717, 1.165) is 42.5 Å². The van der Waals surface area contributed by atoms with Crippen LogP contribution in [0.1, 0.15) is 45.6 Å². The molecule has 1 N–H and O–H groups in total. The lowest BCUT2D eigenvalue weighted by atomic mass is 10.1. The molecule has 0 aliphatic carbocycles. The molecule has 0 bridgehead atoms. The van der Waals surface area contributed by atoms with E-state index in [1.54, 1.807) is 0 Å². The third kappa shape index (κ3) is 5.72. The quantitative estimate of drug-likeness (QED) is 0.785. The lowest BCUT2D eigenvalue weighted by molar-refractivity contribution is 0.0256. The van der Waals surface area contributed by atoms with E-state index in [4.69, 9.17) is 4.74 Å². The Morgan fingerprint density at radius 3 is 2.74 bits per heavy atom. The van der Waals surface area contributed by atoms with Crippen molar-refractivity contribution in [3.05, 3.63) is 28.2 Å². The van der Waals surface area contributed by atoms with E-state index in [2.05, 4.69) is 46.4 Å². The minimum Gasteiger partial charge on any atom is -0.444 e. The second-order valence-electron chi connectivity index (χ2n) is 7.22. The molecule has 1 aromatic rings. The van der Waals surface area contributed by atoms with Crippen molar-refractivity contribution in [2.75, 3.05) is 18.4 Å². The highest BCUT2D eigenvalue weighted by atomic mass is 79.9. The van der Waals surface area contributed by atoms with Gasteiger partial charge in [-0.25, -0.2) is 4.79 Å². The molecule has 1 aromatic carbocycles. The molecule has 1 saturated heterocycles. The predicted octanol–water partition coefficient (Wildman–Crippen LogP) is 4.96. The standard InChI is InChI=1S/C18H27BrN2O2/c1-13-7-8-15(19)16(12-13)20-14-6-5-10-21(11-9-14)17(22)23-18(2,3)4/h7-8,12,14,20H,5-6,9-11H2,1-4H3. The number of ether oxygens (including phenoxy) is 1. The Labute approximate surface area is 147 Å². The van der Waals surface area contributed by atoms with Gasteiger partial charge in [-0.2, -0.15) is 0 Å². The topological polar surface area (TPSA) is 41.6 Å². The number of nitrogens with one attached hydrogen (secondary N) is 1. The maximum atomic E-state index is 12.2. The maximum absolute atomic E-state index is 12.2. The zero-order valence-corrected chi connectivity index (χ0v) is 16.1. The molecule has 1 aliphatic heterocycles. The normalized spacial score (nSPS) is 19.2. The van der Waals surface area contributed by atoms with E-state index in [9.17, 15) is 4.79 Å². The van der Waals surface area contributed by atoms with Crippen molar-refractivity contribution < 1.29 is 9.53 Å². The Hall–Kier alpha value is -1.23. The lowest BCUT2D eigenvalue weighted by Gasteiger charge is -2.26. The molecule has 1 atom stereocenters. The third-order valence-corrected chi connectivity index (χ3v) is 4.55. The number of likely N-dealkylation sites (tertiary alicyclic amines) is 1. The average Bonchev–Trinajstić information content (AvgIpc) is 2.67. The third-order valence-electron chi connectivity index (χ3n) is 3.86. The van der Waals surface area contributed by atoms with Crippen molar-refractivity contribution >= 4 is 27.7 Å². The van der Waals surface area contributed by atoms with Gasteiger partial charge in [-0.1, -0.05) is 6.07 Å². The number of carbonyl (C=O) groups is 1. The van der Waals surface area contributed by atoms with Gasteiger partial charge in [0.15, 0.2) is 0 Å². The van der Waals surface area contributed by atoms with Crippen LogP contribution in [-0.4, -0.2) is 35.7 Å². The fourth-order valence-corrected chi connectivity index (χ4v) is 3.08. The molecule has 1 fully saturated rings. The van der Waals surface area contributed by atoms with Crippen molar-refractivity contribution in [2.45, 2.75) is 58.6 Å². The molecule has 2 rings (SSSR count). The van der Waals surface area contributed by atoms with Crippen molar-refractivity contribution in [2.24, 2.45) is 0 Å². The molecule has 4 nitrogen and oxygen atoms in total. The van der Waals surface area contributed by atoms with Crippen LogP contribution in [0.5, 0.6) is 0 Å². The second kappa shape index (κ2) is 7.56. The van der Waals surface area contributed by atoms with Crippen molar-refractivity contribution in [3.63, 3.8) is 0 Å². The summed E-state index contributed by atoms with van der Waals surface area (Å²) in [6.07, 6.45) is 2.77. The zero-order chi connectivity index (χ0) is 17.0. The van der Waals surface area contributed by atoms with E-state index in [1.165, 1.54) is 5.56 Å². The number of anilines is 1. The fourth-order valence-electron chi connectivity index (χ4n) is 2.72. The number of amides is 1. The smallest absolute Gasteiger partial charge is 0.410 e. The van der Waals surface area contributed by atoms with E-state index in [0.29, 0.717) is 6.04 Å². The van der Waals surface area contributed by atoms with E-state index in [-0.39, 0.29) is 6.09 Å². The molecule has 1 heterocycles. The number of halogens is 1. The predicted molar refractivity (Wildman–Crippen MR) is 97.9 cm³/mol. The van der Waals surface area contributed by atoms with Crippen LogP contribution in [0.2, 0.25) is 0 Å². The Morgan fingerprint density at radius 1 is 1.30 bits per heavy atom. The number of hydrogen-bond donors (Lipinski definition) is 1. The first-order valence-electron chi connectivity index (χ1n) is 8.25. The summed E-state index contributed by atoms with van der Waals surface area (Å²) in [5.41, 5.74) is 1.92. The first-order valence-corrected chi connectivity index (χ1v) is 9.04. The van der Waals surface area contributed by atoms with Gasteiger partial charge in [0.1, 0.15) is 5.60 Å². The molecule has 1 amide bonds. The van der Waals surface area contributed by atoms with E-state index < -0.39 is 5.60 Å². The van der Waals surface area contributed by atoms with Crippen LogP contribution in [0.15, 0.2) is 22.7 Å². The molecule has 0 aromatic heterocycles. The van der Waals surface area contributed by atoms with Crippen LogP contribution in [-0.2, 0) is 4.74 Å². The summed E-state index contributed by atoms with van der Waals surface area (Å²) in [4.78, 5) is 14.0. The molecular weight excluding hydrogens is 356 g/mol. The molecule has 0 spiro atoms. The highest BCUT2D eigenvalue weighted by Crippen LogP contribution is 2.26. The summed E-state index contributed by atoms with van der Waals surface area (Å²) in [5.74, 6) is 0.